The number of rotatable bonds is 5. The van der Waals surface area contributed by atoms with Crippen LogP contribution in [0, 0.1) is 0 Å². The standard InChI is InChI=1S/C15H20N4O2/c1-10(4-6-12-3-2-8-21-12)16-15(20)11-5-7-13-14(9-11)18-19-17-13/h5,7,9-10,12H,2-4,6,8H2,1H3,(H,16,20)(H,17,18,19). The second-order valence-corrected chi connectivity index (χ2v) is 5.61. The Morgan fingerprint density at radius 3 is 3.14 bits per heavy atom. The first-order valence-corrected chi connectivity index (χ1v) is 7.45. The van der Waals surface area contributed by atoms with Crippen molar-refractivity contribution in [3.05, 3.63) is 23.8 Å². The lowest BCUT2D eigenvalue weighted by Crippen LogP contribution is -2.33. The average Bonchev–Trinajstić information content (AvgIpc) is 3.15. The third-order valence-corrected chi connectivity index (χ3v) is 3.90. The summed E-state index contributed by atoms with van der Waals surface area (Å²) in [6, 6.07) is 5.45. The van der Waals surface area contributed by atoms with Crippen molar-refractivity contribution in [2.24, 2.45) is 0 Å². The summed E-state index contributed by atoms with van der Waals surface area (Å²) in [5.41, 5.74) is 2.08. The topological polar surface area (TPSA) is 79.9 Å². The molecule has 2 atom stereocenters. The van der Waals surface area contributed by atoms with Gasteiger partial charge in [-0.3, -0.25) is 4.79 Å². The van der Waals surface area contributed by atoms with Gasteiger partial charge in [0.15, 0.2) is 0 Å². The number of aromatic amines is 1. The van der Waals surface area contributed by atoms with Crippen molar-refractivity contribution in [3.8, 4) is 0 Å². The number of amides is 1. The quantitative estimate of drug-likeness (QED) is 0.882. The van der Waals surface area contributed by atoms with E-state index in [1.54, 1.807) is 18.2 Å². The van der Waals surface area contributed by atoms with Gasteiger partial charge in [0.1, 0.15) is 11.0 Å². The number of carbonyl (C=O) groups excluding carboxylic acids is 1. The molecule has 0 radical (unpaired) electrons. The first kappa shape index (κ1) is 14.0. The van der Waals surface area contributed by atoms with Crippen LogP contribution in [0.15, 0.2) is 18.2 Å². The van der Waals surface area contributed by atoms with Crippen molar-refractivity contribution >= 4 is 16.9 Å². The zero-order chi connectivity index (χ0) is 14.7. The number of H-pyrrole nitrogens is 1. The molecule has 21 heavy (non-hydrogen) atoms. The van der Waals surface area contributed by atoms with Crippen molar-refractivity contribution in [2.75, 3.05) is 6.61 Å². The molecule has 112 valence electrons. The molecule has 0 saturated carbocycles. The summed E-state index contributed by atoms with van der Waals surface area (Å²) in [4.78, 5) is 12.2. The van der Waals surface area contributed by atoms with Gasteiger partial charge in [0.25, 0.3) is 5.91 Å². The summed E-state index contributed by atoms with van der Waals surface area (Å²) >= 11 is 0. The zero-order valence-corrected chi connectivity index (χ0v) is 12.1. The van der Waals surface area contributed by atoms with Crippen LogP contribution in [0.5, 0.6) is 0 Å². The molecule has 2 unspecified atom stereocenters. The van der Waals surface area contributed by atoms with E-state index in [9.17, 15) is 4.79 Å². The molecule has 1 aliphatic heterocycles. The lowest BCUT2D eigenvalue weighted by molar-refractivity contribution is 0.0899. The number of carbonyl (C=O) groups is 1. The normalized spacial score (nSPS) is 19.8. The lowest BCUT2D eigenvalue weighted by atomic mass is 10.1. The Labute approximate surface area is 123 Å². The van der Waals surface area contributed by atoms with Gasteiger partial charge in [0, 0.05) is 18.2 Å². The fourth-order valence-corrected chi connectivity index (χ4v) is 2.67. The van der Waals surface area contributed by atoms with Crippen LogP contribution in [0.4, 0.5) is 0 Å². The van der Waals surface area contributed by atoms with E-state index in [2.05, 4.69) is 20.7 Å². The van der Waals surface area contributed by atoms with E-state index >= 15 is 0 Å². The van der Waals surface area contributed by atoms with Crippen molar-refractivity contribution in [3.63, 3.8) is 0 Å². The van der Waals surface area contributed by atoms with E-state index < -0.39 is 0 Å². The predicted octanol–water partition coefficient (Wildman–Crippen LogP) is 2.04. The summed E-state index contributed by atoms with van der Waals surface area (Å²) in [7, 11) is 0. The summed E-state index contributed by atoms with van der Waals surface area (Å²) in [6.45, 7) is 2.91. The Balaban J connectivity index is 1.54. The third kappa shape index (κ3) is 3.39. The number of fused-ring (bicyclic) bond motifs is 1. The van der Waals surface area contributed by atoms with Crippen LogP contribution < -0.4 is 5.32 Å². The Hall–Kier alpha value is -1.95. The first-order valence-electron chi connectivity index (χ1n) is 7.45. The van der Waals surface area contributed by atoms with Crippen molar-refractivity contribution in [1.29, 1.82) is 0 Å². The molecule has 2 heterocycles. The van der Waals surface area contributed by atoms with Gasteiger partial charge < -0.3 is 10.1 Å². The Morgan fingerprint density at radius 2 is 2.33 bits per heavy atom. The SMILES string of the molecule is CC(CCC1CCCO1)NC(=O)c1ccc2n[nH]nc2c1. The van der Waals surface area contributed by atoms with Crippen molar-refractivity contribution in [1.82, 2.24) is 20.7 Å². The monoisotopic (exact) mass is 288 g/mol. The highest BCUT2D eigenvalue weighted by Crippen LogP contribution is 2.18. The fourth-order valence-electron chi connectivity index (χ4n) is 2.67. The highest BCUT2D eigenvalue weighted by molar-refractivity contribution is 5.97. The number of nitrogens with zero attached hydrogens (tertiary/aromatic N) is 2. The van der Waals surface area contributed by atoms with E-state index in [0.717, 1.165) is 37.8 Å². The van der Waals surface area contributed by atoms with Gasteiger partial charge >= 0.3 is 0 Å². The summed E-state index contributed by atoms with van der Waals surface area (Å²) in [5, 5.41) is 13.5. The van der Waals surface area contributed by atoms with E-state index in [4.69, 9.17) is 4.74 Å². The fraction of sp³-hybridized carbons (Fsp3) is 0.533. The Kier molecular flexibility index (Phi) is 4.15. The van der Waals surface area contributed by atoms with Gasteiger partial charge in [-0.1, -0.05) is 0 Å². The summed E-state index contributed by atoms with van der Waals surface area (Å²) in [6.07, 6.45) is 4.61. The second kappa shape index (κ2) is 6.22. The molecule has 1 fully saturated rings. The van der Waals surface area contributed by atoms with Gasteiger partial charge in [-0.2, -0.15) is 15.4 Å². The van der Waals surface area contributed by atoms with Crippen LogP contribution in [-0.2, 0) is 4.74 Å². The minimum absolute atomic E-state index is 0.0697. The maximum atomic E-state index is 12.2. The molecule has 3 rings (SSSR count). The van der Waals surface area contributed by atoms with E-state index in [-0.39, 0.29) is 11.9 Å². The molecule has 6 nitrogen and oxygen atoms in total. The molecule has 1 aliphatic rings. The number of nitrogens with one attached hydrogen (secondary N) is 2. The molecule has 0 aliphatic carbocycles. The van der Waals surface area contributed by atoms with E-state index in [1.807, 2.05) is 6.92 Å². The minimum atomic E-state index is -0.0697. The largest absolute Gasteiger partial charge is 0.378 e. The lowest BCUT2D eigenvalue weighted by Gasteiger charge is -2.16. The highest BCUT2D eigenvalue weighted by Gasteiger charge is 2.17. The maximum absolute atomic E-state index is 12.2. The smallest absolute Gasteiger partial charge is 0.251 e. The Morgan fingerprint density at radius 1 is 1.48 bits per heavy atom. The number of hydrogen-bond acceptors (Lipinski definition) is 4. The van der Waals surface area contributed by atoms with Crippen molar-refractivity contribution < 1.29 is 9.53 Å². The molecular formula is C15H20N4O2. The minimum Gasteiger partial charge on any atom is -0.378 e. The molecule has 2 aromatic rings. The number of benzene rings is 1. The number of hydrogen-bond donors (Lipinski definition) is 2. The highest BCUT2D eigenvalue weighted by atomic mass is 16.5. The van der Waals surface area contributed by atoms with Gasteiger partial charge in [0.05, 0.1) is 6.10 Å². The summed E-state index contributed by atoms with van der Waals surface area (Å²) < 4.78 is 5.60. The molecule has 0 bridgehead atoms. The molecule has 0 spiro atoms. The second-order valence-electron chi connectivity index (χ2n) is 5.61. The van der Waals surface area contributed by atoms with Crippen LogP contribution in [0.25, 0.3) is 11.0 Å². The van der Waals surface area contributed by atoms with E-state index in [0.29, 0.717) is 17.2 Å². The van der Waals surface area contributed by atoms with Crippen LogP contribution in [-0.4, -0.2) is 40.1 Å². The molecule has 1 aromatic heterocycles. The first-order chi connectivity index (χ1) is 10.2. The van der Waals surface area contributed by atoms with Crippen LogP contribution in [0.3, 0.4) is 0 Å². The maximum Gasteiger partial charge on any atom is 0.251 e. The van der Waals surface area contributed by atoms with Crippen LogP contribution in [0.2, 0.25) is 0 Å². The molecule has 2 N–H and O–H groups in total. The van der Waals surface area contributed by atoms with Gasteiger partial charge in [-0.05, 0) is 50.8 Å². The van der Waals surface area contributed by atoms with E-state index in [1.165, 1.54) is 0 Å². The summed E-state index contributed by atoms with van der Waals surface area (Å²) in [5.74, 6) is -0.0697. The molecule has 1 saturated heterocycles. The molecule has 1 amide bonds. The zero-order valence-electron chi connectivity index (χ0n) is 12.1. The number of ether oxygens (including phenoxy) is 1. The van der Waals surface area contributed by atoms with Gasteiger partial charge in [0.2, 0.25) is 0 Å². The average molecular weight is 288 g/mol. The third-order valence-electron chi connectivity index (χ3n) is 3.90. The Bertz CT molecular complexity index is 619. The van der Waals surface area contributed by atoms with Crippen LogP contribution in [0.1, 0.15) is 43.0 Å². The predicted molar refractivity (Wildman–Crippen MR) is 79.0 cm³/mol. The molecule has 1 aromatic carbocycles. The molecular weight excluding hydrogens is 268 g/mol. The van der Waals surface area contributed by atoms with Gasteiger partial charge in [-0.25, -0.2) is 0 Å². The van der Waals surface area contributed by atoms with Crippen molar-refractivity contribution in [2.45, 2.75) is 44.8 Å². The molecule has 6 heteroatoms. The number of aromatic nitrogens is 3. The van der Waals surface area contributed by atoms with Gasteiger partial charge in [-0.15, -0.1) is 0 Å². The van der Waals surface area contributed by atoms with Crippen LogP contribution >= 0.6 is 0 Å².